The average molecular weight is 496 g/mol. The van der Waals surface area contributed by atoms with Crippen LogP contribution in [0.15, 0.2) is 47.8 Å². The van der Waals surface area contributed by atoms with Crippen LogP contribution in [0.2, 0.25) is 5.02 Å². The van der Waals surface area contributed by atoms with E-state index in [0.717, 1.165) is 18.4 Å². The number of piperazine rings is 1. The molecule has 8 nitrogen and oxygen atoms in total. The number of amides is 1. The van der Waals surface area contributed by atoms with E-state index in [9.17, 15) is 9.59 Å². The minimum absolute atomic E-state index is 0.0729. The molecule has 1 aromatic carbocycles. The number of pyridine rings is 1. The Labute approximate surface area is 209 Å². The maximum absolute atomic E-state index is 13.5. The summed E-state index contributed by atoms with van der Waals surface area (Å²) in [5, 5.41) is 1.01. The van der Waals surface area contributed by atoms with E-state index in [4.69, 9.17) is 21.3 Å². The molecule has 0 aliphatic carbocycles. The fourth-order valence-corrected chi connectivity index (χ4v) is 4.56. The van der Waals surface area contributed by atoms with Crippen LogP contribution in [-0.4, -0.2) is 57.6 Å². The average Bonchev–Trinajstić information content (AvgIpc) is 2.85. The van der Waals surface area contributed by atoms with Gasteiger partial charge in [-0.15, -0.1) is 0 Å². The largest absolute Gasteiger partial charge is 0.477 e. The van der Waals surface area contributed by atoms with Crippen molar-refractivity contribution in [3.8, 4) is 11.6 Å². The van der Waals surface area contributed by atoms with Gasteiger partial charge in [0.25, 0.3) is 0 Å². The maximum atomic E-state index is 13.5. The molecule has 4 rings (SSSR count). The number of unbranched alkanes of at least 4 members (excludes halogenated alkanes) is 1. The summed E-state index contributed by atoms with van der Waals surface area (Å²) in [5.74, 6) is 0.686. The summed E-state index contributed by atoms with van der Waals surface area (Å²) < 4.78 is 7.37. The van der Waals surface area contributed by atoms with Crippen LogP contribution in [0.3, 0.4) is 0 Å². The minimum atomic E-state index is -0.437. The van der Waals surface area contributed by atoms with Crippen molar-refractivity contribution in [3.63, 3.8) is 0 Å². The van der Waals surface area contributed by atoms with E-state index in [-0.39, 0.29) is 11.9 Å². The third-order valence-electron chi connectivity index (χ3n) is 6.25. The molecule has 9 heteroatoms. The number of ether oxygens (including phenoxy) is 1. The molecule has 35 heavy (non-hydrogen) atoms. The van der Waals surface area contributed by atoms with E-state index in [2.05, 4.69) is 18.5 Å². The van der Waals surface area contributed by atoms with Crippen LogP contribution in [0.25, 0.3) is 16.7 Å². The van der Waals surface area contributed by atoms with Crippen LogP contribution < -0.4 is 15.3 Å². The zero-order valence-corrected chi connectivity index (χ0v) is 21.1. The number of fused-ring (bicyclic) bond motifs is 1. The molecule has 1 atom stereocenters. The molecule has 184 valence electrons. The summed E-state index contributed by atoms with van der Waals surface area (Å²) in [5.41, 5.74) is 1.61. The van der Waals surface area contributed by atoms with E-state index in [1.54, 1.807) is 11.0 Å². The molecular weight excluding hydrogens is 466 g/mol. The van der Waals surface area contributed by atoms with E-state index in [0.29, 0.717) is 59.7 Å². The predicted molar refractivity (Wildman–Crippen MR) is 139 cm³/mol. The summed E-state index contributed by atoms with van der Waals surface area (Å²) >= 11 is 6.60. The lowest BCUT2D eigenvalue weighted by molar-refractivity contribution is -0.126. The zero-order valence-electron chi connectivity index (χ0n) is 20.3. The molecule has 1 aliphatic rings. The summed E-state index contributed by atoms with van der Waals surface area (Å²) in [7, 11) is 0. The molecule has 1 aliphatic heterocycles. The van der Waals surface area contributed by atoms with Crippen LogP contribution in [0, 0.1) is 6.92 Å². The molecule has 0 bridgehead atoms. The molecule has 1 saturated heterocycles. The number of anilines is 1. The third-order valence-corrected chi connectivity index (χ3v) is 6.52. The number of rotatable bonds is 7. The van der Waals surface area contributed by atoms with E-state index >= 15 is 0 Å². The van der Waals surface area contributed by atoms with Crippen LogP contribution in [-0.2, 0) is 4.79 Å². The SMILES string of the molecule is C=CC(=O)N1CCN(c2nc(=O)n(-c3ccccc3C)c3nc(OCCCC)c(Cl)cc23)[C@@H](C)C1. The number of para-hydroxylation sites is 1. The standard InChI is InChI=1S/C26H30ClN5O3/c1-5-7-14-35-25-20(27)15-19-23(31-13-12-30(16-18(31)4)22(33)6-2)29-26(34)32(24(19)28-25)21-11-9-8-10-17(21)3/h6,8-11,15,18H,2,5,7,12-14,16H2,1,3-4H3/t18-/m0/s1. The number of nitrogens with zero attached hydrogens (tertiary/aromatic N) is 5. The second-order valence-electron chi connectivity index (χ2n) is 8.72. The summed E-state index contributed by atoms with van der Waals surface area (Å²) in [6, 6.07) is 9.30. The highest BCUT2D eigenvalue weighted by Crippen LogP contribution is 2.33. The fraction of sp³-hybridized carbons (Fsp3) is 0.385. The molecule has 0 N–H and O–H groups in total. The molecule has 0 unspecified atom stereocenters. The lowest BCUT2D eigenvalue weighted by Crippen LogP contribution is -2.54. The van der Waals surface area contributed by atoms with Gasteiger partial charge < -0.3 is 14.5 Å². The van der Waals surface area contributed by atoms with Crippen molar-refractivity contribution in [2.24, 2.45) is 0 Å². The predicted octanol–water partition coefficient (Wildman–Crippen LogP) is 4.14. The Morgan fingerprint density at radius 3 is 2.74 bits per heavy atom. The van der Waals surface area contributed by atoms with Crippen LogP contribution in [0.1, 0.15) is 32.3 Å². The van der Waals surface area contributed by atoms with E-state index in [1.165, 1.54) is 10.6 Å². The molecule has 0 radical (unpaired) electrons. The van der Waals surface area contributed by atoms with Crippen molar-refractivity contribution in [2.75, 3.05) is 31.1 Å². The number of aryl methyl sites for hydroxylation is 1. The lowest BCUT2D eigenvalue weighted by atomic mass is 10.1. The van der Waals surface area contributed by atoms with E-state index in [1.807, 2.05) is 43.0 Å². The van der Waals surface area contributed by atoms with E-state index < -0.39 is 5.69 Å². The number of carbonyl (C=O) groups excluding carboxylic acids is 1. The second kappa shape index (κ2) is 10.5. The van der Waals surface area contributed by atoms with Gasteiger partial charge in [0.2, 0.25) is 11.8 Å². The molecule has 1 amide bonds. The highest BCUT2D eigenvalue weighted by Gasteiger charge is 2.29. The number of carbonyl (C=O) groups is 1. The highest BCUT2D eigenvalue weighted by molar-refractivity contribution is 6.32. The van der Waals surface area contributed by atoms with Crippen molar-refractivity contribution in [1.29, 1.82) is 0 Å². The van der Waals surface area contributed by atoms with Gasteiger partial charge in [-0.2, -0.15) is 9.97 Å². The van der Waals surface area contributed by atoms with Gasteiger partial charge in [-0.3, -0.25) is 4.79 Å². The first-order valence-corrected chi connectivity index (χ1v) is 12.2. The smallest absolute Gasteiger partial charge is 0.355 e. The molecular formula is C26H30ClN5O3. The van der Waals surface area contributed by atoms with Gasteiger partial charge in [-0.05, 0) is 44.0 Å². The Hall–Kier alpha value is -3.39. The van der Waals surface area contributed by atoms with Crippen molar-refractivity contribution >= 4 is 34.4 Å². The Balaban J connectivity index is 1.89. The monoisotopic (exact) mass is 495 g/mol. The van der Waals surface area contributed by atoms with Gasteiger partial charge >= 0.3 is 5.69 Å². The topological polar surface area (TPSA) is 80.6 Å². The molecule has 3 heterocycles. The lowest BCUT2D eigenvalue weighted by Gasteiger charge is -2.40. The number of aromatic nitrogens is 3. The first-order chi connectivity index (χ1) is 16.8. The Morgan fingerprint density at radius 1 is 1.29 bits per heavy atom. The van der Waals surface area contributed by atoms with Crippen molar-refractivity contribution in [1.82, 2.24) is 19.4 Å². The zero-order chi connectivity index (χ0) is 25.1. The number of hydrogen-bond donors (Lipinski definition) is 0. The molecule has 2 aromatic heterocycles. The summed E-state index contributed by atoms with van der Waals surface area (Å²) in [6.07, 6.45) is 3.17. The fourth-order valence-electron chi connectivity index (χ4n) is 4.36. The molecule has 1 fully saturated rings. The second-order valence-corrected chi connectivity index (χ2v) is 9.13. The van der Waals surface area contributed by atoms with Crippen LogP contribution in [0.4, 0.5) is 5.82 Å². The number of hydrogen-bond acceptors (Lipinski definition) is 6. The van der Waals surface area contributed by atoms with Gasteiger partial charge in [0, 0.05) is 25.7 Å². The Morgan fingerprint density at radius 2 is 2.06 bits per heavy atom. The van der Waals surface area contributed by atoms with Gasteiger partial charge in [0.05, 0.1) is 17.7 Å². The first kappa shape index (κ1) is 24.7. The Kier molecular flexibility index (Phi) is 7.40. The van der Waals surface area contributed by atoms with Gasteiger partial charge in [-0.25, -0.2) is 9.36 Å². The summed E-state index contributed by atoms with van der Waals surface area (Å²) in [6.45, 7) is 11.6. The van der Waals surface area contributed by atoms with Crippen molar-refractivity contribution in [2.45, 2.75) is 39.7 Å². The van der Waals surface area contributed by atoms with Gasteiger partial charge in [0.1, 0.15) is 10.8 Å². The van der Waals surface area contributed by atoms with Gasteiger partial charge in [-0.1, -0.05) is 49.7 Å². The molecule has 0 saturated carbocycles. The highest BCUT2D eigenvalue weighted by atomic mass is 35.5. The molecule has 3 aromatic rings. The van der Waals surface area contributed by atoms with Crippen LogP contribution >= 0.6 is 11.6 Å². The van der Waals surface area contributed by atoms with Crippen molar-refractivity contribution < 1.29 is 9.53 Å². The Bertz CT molecular complexity index is 1320. The number of benzene rings is 1. The van der Waals surface area contributed by atoms with Crippen molar-refractivity contribution in [3.05, 3.63) is 64.1 Å². The first-order valence-electron chi connectivity index (χ1n) is 11.9. The minimum Gasteiger partial charge on any atom is -0.477 e. The quantitative estimate of drug-likeness (QED) is 0.362. The summed E-state index contributed by atoms with van der Waals surface area (Å²) in [4.78, 5) is 38.6. The number of halogens is 1. The van der Waals surface area contributed by atoms with Gasteiger partial charge in [0.15, 0.2) is 5.65 Å². The normalized spacial score (nSPS) is 15.9. The van der Waals surface area contributed by atoms with Crippen LogP contribution in [0.5, 0.6) is 5.88 Å². The molecule has 0 spiro atoms. The maximum Gasteiger partial charge on any atom is 0.355 e. The third kappa shape index (κ3) is 4.89.